The summed E-state index contributed by atoms with van der Waals surface area (Å²) in [5.74, 6) is 0.625. The lowest BCUT2D eigenvalue weighted by atomic mass is 10.2. The Balaban J connectivity index is 1.78. The third kappa shape index (κ3) is 2.89. The Labute approximate surface area is 124 Å². The minimum Gasteiger partial charge on any atom is -0.485 e. The molecular formula is C13H12N2O5S. The molecule has 7 nitrogen and oxygen atoms in total. The number of aromatic nitrogens is 2. The van der Waals surface area contributed by atoms with Gasteiger partial charge in [-0.15, -0.1) is 5.10 Å². The van der Waals surface area contributed by atoms with Gasteiger partial charge in [-0.3, -0.25) is 4.79 Å². The van der Waals surface area contributed by atoms with E-state index in [0.29, 0.717) is 11.5 Å². The first-order chi connectivity index (χ1) is 10.1. The summed E-state index contributed by atoms with van der Waals surface area (Å²) in [6.45, 7) is 0.410. The first-order valence-electron chi connectivity index (χ1n) is 6.31. The maximum Gasteiger partial charge on any atom is 0.305 e. The van der Waals surface area contributed by atoms with Gasteiger partial charge in [0.25, 0.3) is 10.7 Å². The highest BCUT2D eigenvalue weighted by atomic mass is 32.1. The van der Waals surface area contributed by atoms with Crippen molar-refractivity contribution in [2.24, 2.45) is 0 Å². The predicted octanol–water partition coefficient (Wildman–Crippen LogP) is 2.19. The number of aryl methyl sites for hydroxylation is 1. The molecule has 1 N–H and O–H groups in total. The molecule has 1 aliphatic rings. The van der Waals surface area contributed by atoms with Crippen LogP contribution in [0.1, 0.15) is 18.4 Å². The quantitative estimate of drug-likeness (QED) is 0.866. The maximum absolute atomic E-state index is 10.6. The molecule has 2 aromatic rings. The highest BCUT2D eigenvalue weighted by Crippen LogP contribution is 2.35. The number of para-hydroxylation sites is 2. The number of aliphatic carboxylic acids is 1. The number of fused-ring (bicyclic) bond motifs is 1. The Morgan fingerprint density at radius 1 is 1.43 bits per heavy atom. The SMILES string of the molecule is O=C(O)CCn1nc(C2COc3ccccc3O2)oc1=S. The van der Waals surface area contributed by atoms with Crippen LogP contribution in [0.2, 0.25) is 0 Å². The Kier molecular flexibility index (Phi) is 3.61. The van der Waals surface area contributed by atoms with Gasteiger partial charge in [0.15, 0.2) is 11.5 Å². The molecule has 0 fully saturated rings. The molecule has 1 aromatic carbocycles. The van der Waals surface area contributed by atoms with Crippen molar-refractivity contribution in [1.82, 2.24) is 9.78 Å². The van der Waals surface area contributed by atoms with Crippen molar-refractivity contribution >= 4 is 18.2 Å². The summed E-state index contributed by atoms with van der Waals surface area (Å²) in [5, 5.41) is 12.8. The van der Waals surface area contributed by atoms with Crippen molar-refractivity contribution in [2.75, 3.05) is 6.61 Å². The molecule has 0 radical (unpaired) electrons. The molecule has 110 valence electrons. The number of benzene rings is 1. The monoisotopic (exact) mass is 308 g/mol. The van der Waals surface area contributed by atoms with Crippen molar-refractivity contribution in [1.29, 1.82) is 0 Å². The third-order valence-electron chi connectivity index (χ3n) is 2.94. The standard InChI is InChI=1S/C13H12N2O5S/c16-11(17)5-6-15-13(21)20-12(14-15)10-7-18-8-3-1-2-4-9(8)19-10/h1-4,10H,5-7H2,(H,16,17). The molecule has 1 unspecified atom stereocenters. The van der Waals surface area contributed by atoms with Gasteiger partial charge >= 0.3 is 5.97 Å². The van der Waals surface area contributed by atoms with Gasteiger partial charge in [0, 0.05) is 0 Å². The Morgan fingerprint density at radius 3 is 2.95 bits per heavy atom. The lowest BCUT2D eigenvalue weighted by Crippen LogP contribution is -2.22. The molecule has 1 aromatic heterocycles. The van der Waals surface area contributed by atoms with Crippen molar-refractivity contribution in [3.05, 3.63) is 35.0 Å². The van der Waals surface area contributed by atoms with Crippen molar-refractivity contribution in [3.8, 4) is 11.5 Å². The van der Waals surface area contributed by atoms with Crippen molar-refractivity contribution in [2.45, 2.75) is 19.1 Å². The Hall–Kier alpha value is -2.35. The van der Waals surface area contributed by atoms with E-state index in [4.69, 9.17) is 31.2 Å². The molecule has 2 heterocycles. The summed E-state index contributed by atoms with van der Waals surface area (Å²) in [6, 6.07) is 7.30. The normalized spacial score (nSPS) is 16.7. The van der Waals surface area contributed by atoms with Gasteiger partial charge in [-0.05, 0) is 24.4 Å². The van der Waals surface area contributed by atoms with Gasteiger partial charge in [0.2, 0.25) is 6.10 Å². The lowest BCUT2D eigenvalue weighted by Gasteiger charge is -2.23. The number of nitrogens with zero attached hydrogens (tertiary/aromatic N) is 2. The molecule has 0 bridgehead atoms. The minimum absolute atomic E-state index is 0.0782. The van der Waals surface area contributed by atoms with E-state index in [0.717, 1.165) is 0 Å². The van der Waals surface area contributed by atoms with Crippen molar-refractivity contribution < 1.29 is 23.8 Å². The molecular weight excluding hydrogens is 296 g/mol. The van der Waals surface area contributed by atoms with E-state index in [1.165, 1.54) is 4.68 Å². The second-order valence-corrected chi connectivity index (χ2v) is 4.79. The zero-order valence-corrected chi connectivity index (χ0v) is 11.7. The summed E-state index contributed by atoms with van der Waals surface area (Å²) < 4.78 is 18.0. The van der Waals surface area contributed by atoms with E-state index >= 15 is 0 Å². The van der Waals surface area contributed by atoms with E-state index in [9.17, 15) is 4.79 Å². The zero-order chi connectivity index (χ0) is 14.8. The van der Waals surface area contributed by atoms with Gasteiger partial charge in [-0.2, -0.15) is 0 Å². The highest BCUT2D eigenvalue weighted by Gasteiger charge is 2.27. The van der Waals surface area contributed by atoms with Crippen LogP contribution in [0.5, 0.6) is 11.5 Å². The van der Waals surface area contributed by atoms with Crippen LogP contribution >= 0.6 is 12.2 Å². The summed E-state index contributed by atoms with van der Waals surface area (Å²) in [7, 11) is 0. The molecule has 0 amide bonds. The largest absolute Gasteiger partial charge is 0.485 e. The van der Waals surface area contributed by atoms with Crippen LogP contribution in [0.4, 0.5) is 0 Å². The smallest absolute Gasteiger partial charge is 0.305 e. The van der Waals surface area contributed by atoms with E-state index in [-0.39, 0.29) is 30.3 Å². The molecule has 1 atom stereocenters. The number of carbonyl (C=O) groups is 1. The first kappa shape index (κ1) is 13.6. The molecule has 0 spiro atoms. The fraction of sp³-hybridized carbons (Fsp3) is 0.308. The van der Waals surface area contributed by atoms with Gasteiger partial charge in [-0.25, -0.2) is 4.68 Å². The lowest BCUT2D eigenvalue weighted by molar-refractivity contribution is -0.137. The van der Waals surface area contributed by atoms with Crippen LogP contribution in [-0.2, 0) is 11.3 Å². The van der Waals surface area contributed by atoms with Crippen LogP contribution in [0.15, 0.2) is 28.7 Å². The van der Waals surface area contributed by atoms with Gasteiger partial charge in [0.1, 0.15) is 6.61 Å². The molecule has 21 heavy (non-hydrogen) atoms. The fourth-order valence-corrected chi connectivity index (χ4v) is 2.15. The van der Waals surface area contributed by atoms with Gasteiger partial charge in [-0.1, -0.05) is 12.1 Å². The second kappa shape index (κ2) is 5.57. The number of hydrogen-bond acceptors (Lipinski definition) is 6. The average molecular weight is 308 g/mol. The second-order valence-electron chi connectivity index (χ2n) is 4.44. The third-order valence-corrected chi connectivity index (χ3v) is 3.24. The Morgan fingerprint density at radius 2 is 2.19 bits per heavy atom. The number of ether oxygens (including phenoxy) is 2. The van der Waals surface area contributed by atoms with Crippen LogP contribution in [0.3, 0.4) is 0 Å². The van der Waals surface area contributed by atoms with E-state index in [2.05, 4.69) is 5.10 Å². The van der Waals surface area contributed by atoms with Gasteiger partial charge in [0.05, 0.1) is 13.0 Å². The summed E-state index contributed by atoms with van der Waals surface area (Å²) in [5.41, 5.74) is 0. The Bertz CT molecular complexity index is 723. The summed E-state index contributed by atoms with van der Waals surface area (Å²) in [6.07, 6.45) is -0.585. The van der Waals surface area contributed by atoms with E-state index in [1.807, 2.05) is 18.2 Å². The van der Waals surface area contributed by atoms with E-state index < -0.39 is 12.1 Å². The predicted molar refractivity (Wildman–Crippen MR) is 72.9 cm³/mol. The number of rotatable bonds is 4. The van der Waals surface area contributed by atoms with Crippen LogP contribution in [-0.4, -0.2) is 27.5 Å². The molecule has 1 aliphatic heterocycles. The number of hydrogen-bond donors (Lipinski definition) is 1. The summed E-state index contributed by atoms with van der Waals surface area (Å²) >= 11 is 5.02. The topological polar surface area (TPSA) is 86.7 Å². The molecule has 0 aliphatic carbocycles. The minimum atomic E-state index is -0.923. The van der Waals surface area contributed by atoms with Crippen LogP contribution < -0.4 is 9.47 Å². The maximum atomic E-state index is 10.6. The fourth-order valence-electron chi connectivity index (χ4n) is 1.94. The molecule has 0 saturated heterocycles. The molecule has 8 heteroatoms. The number of carboxylic acid groups (broad SMARTS) is 1. The van der Waals surface area contributed by atoms with Gasteiger partial charge < -0.3 is 19.0 Å². The molecule has 3 rings (SSSR count). The van der Waals surface area contributed by atoms with Crippen LogP contribution in [0.25, 0.3) is 0 Å². The van der Waals surface area contributed by atoms with E-state index in [1.54, 1.807) is 6.07 Å². The molecule has 0 saturated carbocycles. The first-order valence-corrected chi connectivity index (χ1v) is 6.72. The highest BCUT2D eigenvalue weighted by molar-refractivity contribution is 7.71. The van der Waals surface area contributed by atoms with Crippen LogP contribution in [0, 0.1) is 4.84 Å². The zero-order valence-electron chi connectivity index (χ0n) is 10.9. The summed E-state index contributed by atoms with van der Waals surface area (Å²) in [4.78, 5) is 10.7. The van der Waals surface area contributed by atoms with Crippen molar-refractivity contribution in [3.63, 3.8) is 0 Å². The average Bonchev–Trinajstić information content (AvgIpc) is 2.86. The number of carboxylic acids is 1.